The number of Topliss-reactive ketones (excluding diaryl/α,β-unsaturated/α-hetero) is 2. The minimum Gasteiger partial charge on any atom is -0.300 e. The van der Waals surface area contributed by atoms with Crippen LogP contribution < -0.4 is 0 Å². The average Bonchev–Trinajstić information content (AvgIpc) is 1.82. The molecule has 0 N–H and O–H groups in total. The Morgan fingerprint density at radius 1 is 1.60 bits per heavy atom. The van der Waals surface area contributed by atoms with E-state index in [0.29, 0.717) is 0 Å². The second-order valence-corrected chi connectivity index (χ2v) is 1.81. The third kappa shape index (κ3) is 4.80. The first-order valence-electron chi connectivity index (χ1n) is 2.69. The Morgan fingerprint density at radius 3 is 2.60 bits per heavy atom. The highest BCUT2D eigenvalue weighted by atomic mass is 16.1. The van der Waals surface area contributed by atoms with Crippen LogP contribution >= 0.6 is 0 Å². The Kier molecular flexibility index (Phi) is 3.91. The summed E-state index contributed by atoms with van der Waals surface area (Å²) in [7, 11) is 0. The summed E-state index contributed by atoms with van der Waals surface area (Å²) in [4.78, 5) is 23.2. The smallest absolute Gasteiger partial charge is 0.146 e. The highest BCUT2D eigenvalue weighted by Crippen LogP contribution is 1.85. The molecule has 0 aliphatic rings. The van der Waals surface area contributed by atoms with Gasteiger partial charge in [-0.05, 0) is 12.5 Å². The molecule has 0 aromatic carbocycles. The number of carbonyl (C=O) groups is 2. The van der Waals surface area contributed by atoms with Gasteiger partial charge in [-0.15, -0.1) is 0 Å². The second-order valence-electron chi connectivity index (χ2n) is 1.81. The van der Waals surface area contributed by atoms with Crippen LogP contribution in [0.3, 0.4) is 0 Å². The Hall–Kier alpha value is -1.35. The maximum Gasteiger partial charge on any atom is 0.146 e. The highest BCUT2D eigenvalue weighted by Gasteiger charge is 2.02. The number of nitrogens with zero attached hydrogens (tertiary/aromatic N) is 3. The number of rotatable bonds is 4. The lowest BCUT2D eigenvalue weighted by atomic mass is 10.2. The van der Waals surface area contributed by atoms with E-state index in [2.05, 4.69) is 10.0 Å². The van der Waals surface area contributed by atoms with Crippen molar-refractivity contribution < 1.29 is 9.59 Å². The van der Waals surface area contributed by atoms with Crippen molar-refractivity contribution in [2.24, 2.45) is 5.11 Å². The van der Waals surface area contributed by atoms with Crippen LogP contribution in [0.15, 0.2) is 5.11 Å². The van der Waals surface area contributed by atoms with Crippen molar-refractivity contribution in [1.29, 1.82) is 0 Å². The zero-order valence-corrected chi connectivity index (χ0v) is 5.57. The van der Waals surface area contributed by atoms with Crippen LogP contribution in [0.1, 0.15) is 13.3 Å². The standard InChI is InChI=1S/C5H7N3O2/c1-4(9)2-5(10)3-7-8-6/h2-3H2,1H3. The number of ketones is 2. The van der Waals surface area contributed by atoms with Gasteiger partial charge < -0.3 is 0 Å². The van der Waals surface area contributed by atoms with E-state index in [9.17, 15) is 9.59 Å². The van der Waals surface area contributed by atoms with Gasteiger partial charge in [-0.2, -0.15) is 0 Å². The molecule has 0 atom stereocenters. The maximum absolute atomic E-state index is 10.5. The summed E-state index contributed by atoms with van der Waals surface area (Å²) in [6, 6.07) is 0. The molecule has 0 unspecified atom stereocenters. The van der Waals surface area contributed by atoms with Gasteiger partial charge in [0.2, 0.25) is 0 Å². The molecule has 0 spiro atoms. The predicted molar refractivity (Wildman–Crippen MR) is 34.3 cm³/mol. The molecule has 0 aliphatic carbocycles. The lowest BCUT2D eigenvalue weighted by molar-refractivity contribution is -0.125. The van der Waals surface area contributed by atoms with Gasteiger partial charge in [-0.25, -0.2) is 0 Å². The molecule has 0 rings (SSSR count). The molecule has 5 heteroatoms. The molecule has 0 aromatic rings. The van der Waals surface area contributed by atoms with Gasteiger partial charge in [0.1, 0.15) is 11.6 Å². The number of carbonyl (C=O) groups excluding carboxylic acids is 2. The molecule has 10 heavy (non-hydrogen) atoms. The first-order chi connectivity index (χ1) is 4.66. The lowest BCUT2D eigenvalue weighted by Crippen LogP contribution is -2.06. The van der Waals surface area contributed by atoms with Crippen molar-refractivity contribution in [3.05, 3.63) is 10.4 Å². The molecule has 0 saturated carbocycles. The van der Waals surface area contributed by atoms with Gasteiger partial charge in [0.15, 0.2) is 0 Å². The van der Waals surface area contributed by atoms with Gasteiger partial charge >= 0.3 is 0 Å². The van der Waals surface area contributed by atoms with Gasteiger partial charge in [-0.1, -0.05) is 5.11 Å². The summed E-state index contributed by atoms with van der Waals surface area (Å²) >= 11 is 0. The minimum atomic E-state index is -0.342. The van der Waals surface area contributed by atoms with Crippen LogP contribution in [0.2, 0.25) is 0 Å². The van der Waals surface area contributed by atoms with Crippen LogP contribution in [-0.4, -0.2) is 18.1 Å². The summed E-state index contributed by atoms with van der Waals surface area (Å²) in [6.45, 7) is 1.09. The molecule has 5 nitrogen and oxygen atoms in total. The maximum atomic E-state index is 10.5. The van der Waals surface area contributed by atoms with Gasteiger partial charge in [0.05, 0.1) is 13.0 Å². The van der Waals surface area contributed by atoms with Gasteiger partial charge in [0.25, 0.3) is 0 Å². The Labute approximate surface area is 57.7 Å². The van der Waals surface area contributed by atoms with Gasteiger partial charge in [-0.3, -0.25) is 9.59 Å². The van der Waals surface area contributed by atoms with Crippen LogP contribution in [0, 0.1) is 0 Å². The molecule has 0 heterocycles. The summed E-state index contributed by atoms with van der Waals surface area (Å²) in [6.07, 6.45) is -0.140. The summed E-state index contributed by atoms with van der Waals surface area (Å²) < 4.78 is 0. The third-order valence-corrected chi connectivity index (χ3v) is 0.756. The lowest BCUT2D eigenvalue weighted by Gasteiger charge is -1.87. The topological polar surface area (TPSA) is 82.9 Å². The van der Waals surface area contributed by atoms with E-state index in [4.69, 9.17) is 5.53 Å². The third-order valence-electron chi connectivity index (χ3n) is 0.756. The summed E-state index contributed by atoms with van der Waals surface area (Å²) in [5, 5.41) is 3.00. The van der Waals surface area contributed by atoms with Crippen LogP contribution in [0.5, 0.6) is 0 Å². The van der Waals surface area contributed by atoms with Crippen molar-refractivity contribution in [2.75, 3.05) is 6.54 Å². The predicted octanol–water partition coefficient (Wildman–Crippen LogP) is 0.845. The first-order valence-corrected chi connectivity index (χ1v) is 2.69. The van der Waals surface area contributed by atoms with E-state index < -0.39 is 0 Å². The molecular formula is C5H7N3O2. The Bertz CT molecular complexity index is 187. The fourth-order valence-corrected chi connectivity index (χ4v) is 0.444. The average molecular weight is 141 g/mol. The minimum absolute atomic E-state index is 0.140. The molecule has 0 fully saturated rings. The Balaban J connectivity index is 3.64. The number of hydrogen-bond donors (Lipinski definition) is 0. The van der Waals surface area contributed by atoms with E-state index in [1.54, 1.807) is 0 Å². The molecule has 0 amide bonds. The first kappa shape index (κ1) is 8.65. The number of hydrogen-bond acceptors (Lipinski definition) is 3. The molecular weight excluding hydrogens is 134 g/mol. The largest absolute Gasteiger partial charge is 0.300 e. The zero-order chi connectivity index (χ0) is 7.98. The second kappa shape index (κ2) is 4.52. The van der Waals surface area contributed by atoms with E-state index >= 15 is 0 Å². The van der Waals surface area contributed by atoms with Crippen molar-refractivity contribution in [2.45, 2.75) is 13.3 Å². The molecule has 0 saturated heterocycles. The zero-order valence-electron chi connectivity index (χ0n) is 5.57. The Morgan fingerprint density at radius 2 is 2.20 bits per heavy atom. The van der Waals surface area contributed by atoms with Crippen LogP contribution in [0.25, 0.3) is 10.4 Å². The SMILES string of the molecule is CC(=O)CC(=O)CN=[N+]=[N-]. The van der Waals surface area contributed by atoms with E-state index in [0.717, 1.165) is 0 Å². The quantitative estimate of drug-likeness (QED) is 0.251. The van der Waals surface area contributed by atoms with Crippen LogP contribution in [0.4, 0.5) is 0 Å². The fourth-order valence-electron chi connectivity index (χ4n) is 0.444. The van der Waals surface area contributed by atoms with E-state index in [-0.39, 0.29) is 24.5 Å². The van der Waals surface area contributed by atoms with Crippen molar-refractivity contribution in [3.63, 3.8) is 0 Å². The van der Waals surface area contributed by atoms with Crippen molar-refractivity contribution >= 4 is 11.6 Å². The monoisotopic (exact) mass is 141 g/mol. The molecule has 0 aromatic heterocycles. The fraction of sp³-hybridized carbons (Fsp3) is 0.600. The van der Waals surface area contributed by atoms with Crippen molar-refractivity contribution in [1.82, 2.24) is 0 Å². The van der Waals surface area contributed by atoms with Gasteiger partial charge in [0, 0.05) is 4.91 Å². The summed E-state index contributed by atoms with van der Waals surface area (Å²) in [5.41, 5.74) is 7.77. The van der Waals surface area contributed by atoms with Crippen LogP contribution in [-0.2, 0) is 9.59 Å². The normalized spacial score (nSPS) is 8.10. The summed E-state index contributed by atoms with van der Waals surface area (Å²) in [5.74, 6) is -0.552. The molecule has 54 valence electrons. The molecule has 0 bridgehead atoms. The molecule has 0 aliphatic heterocycles. The highest BCUT2D eigenvalue weighted by molar-refractivity contribution is 5.98. The van der Waals surface area contributed by atoms with E-state index in [1.165, 1.54) is 6.92 Å². The molecule has 0 radical (unpaired) electrons. The van der Waals surface area contributed by atoms with Crippen molar-refractivity contribution in [3.8, 4) is 0 Å². The number of azide groups is 1. The van der Waals surface area contributed by atoms with E-state index in [1.807, 2.05) is 0 Å².